The first-order valence-corrected chi connectivity index (χ1v) is 8.20. The standard InChI is InChI=1S/C9H17BrF3NO2S/c1-2-17(15,16)7-3-5-14(6-4-10)8-9(11,12)13/h2-8H2,1H3. The van der Waals surface area contributed by atoms with Crippen LogP contribution in [0.1, 0.15) is 13.3 Å². The summed E-state index contributed by atoms with van der Waals surface area (Å²) in [5, 5.41) is 0.434. The normalized spacial score (nSPS) is 13.3. The summed E-state index contributed by atoms with van der Waals surface area (Å²) in [6.45, 7) is 0.933. The van der Waals surface area contributed by atoms with E-state index in [1.54, 1.807) is 0 Å². The zero-order valence-electron chi connectivity index (χ0n) is 9.63. The number of sulfone groups is 1. The van der Waals surface area contributed by atoms with Crippen molar-refractivity contribution < 1.29 is 21.6 Å². The molecule has 0 aromatic rings. The molecule has 0 saturated heterocycles. The fraction of sp³-hybridized carbons (Fsp3) is 1.00. The smallest absolute Gasteiger partial charge is 0.294 e. The maximum atomic E-state index is 12.2. The second kappa shape index (κ2) is 7.58. The highest BCUT2D eigenvalue weighted by Crippen LogP contribution is 2.16. The van der Waals surface area contributed by atoms with Crippen molar-refractivity contribution in [2.24, 2.45) is 0 Å². The third-order valence-corrected chi connectivity index (χ3v) is 4.32. The Hall–Kier alpha value is 0.180. The average molecular weight is 340 g/mol. The third-order valence-electron chi connectivity index (χ3n) is 2.17. The van der Waals surface area contributed by atoms with Gasteiger partial charge in [0.2, 0.25) is 0 Å². The van der Waals surface area contributed by atoms with Gasteiger partial charge in [0.25, 0.3) is 0 Å². The summed E-state index contributed by atoms with van der Waals surface area (Å²) in [7, 11) is -3.09. The van der Waals surface area contributed by atoms with E-state index in [1.165, 1.54) is 11.8 Å². The lowest BCUT2D eigenvalue weighted by molar-refractivity contribution is -0.145. The number of rotatable bonds is 8. The van der Waals surface area contributed by atoms with Gasteiger partial charge in [-0.1, -0.05) is 22.9 Å². The van der Waals surface area contributed by atoms with Crippen molar-refractivity contribution in [3.63, 3.8) is 0 Å². The van der Waals surface area contributed by atoms with Gasteiger partial charge in [-0.05, 0) is 13.0 Å². The Morgan fingerprint density at radius 3 is 2.24 bits per heavy atom. The van der Waals surface area contributed by atoms with Gasteiger partial charge in [-0.3, -0.25) is 4.90 Å². The summed E-state index contributed by atoms with van der Waals surface area (Å²) < 4.78 is 58.9. The Labute approximate surface area is 108 Å². The molecule has 0 heterocycles. The van der Waals surface area contributed by atoms with E-state index in [0.717, 1.165) is 0 Å². The highest BCUT2D eigenvalue weighted by atomic mass is 79.9. The first-order chi connectivity index (χ1) is 7.70. The molecular weight excluding hydrogens is 323 g/mol. The van der Waals surface area contributed by atoms with Gasteiger partial charge < -0.3 is 0 Å². The van der Waals surface area contributed by atoms with E-state index in [1.807, 2.05) is 0 Å². The van der Waals surface area contributed by atoms with Gasteiger partial charge in [0.05, 0.1) is 12.3 Å². The molecule has 0 aliphatic carbocycles. The lowest BCUT2D eigenvalue weighted by Gasteiger charge is -2.22. The van der Waals surface area contributed by atoms with E-state index in [0.29, 0.717) is 5.33 Å². The maximum Gasteiger partial charge on any atom is 0.401 e. The average Bonchev–Trinajstić information content (AvgIpc) is 2.15. The molecular formula is C9H17BrF3NO2S. The van der Waals surface area contributed by atoms with Crippen LogP contribution >= 0.6 is 15.9 Å². The Kier molecular flexibility index (Phi) is 7.66. The van der Waals surface area contributed by atoms with E-state index in [2.05, 4.69) is 15.9 Å². The molecule has 0 aliphatic rings. The van der Waals surface area contributed by atoms with Gasteiger partial charge in [0.15, 0.2) is 0 Å². The maximum absolute atomic E-state index is 12.2. The largest absolute Gasteiger partial charge is 0.401 e. The molecule has 0 fully saturated rings. The summed E-state index contributed by atoms with van der Waals surface area (Å²) in [5.41, 5.74) is 0. The number of hydrogen-bond donors (Lipinski definition) is 0. The van der Waals surface area contributed by atoms with Gasteiger partial charge in [-0.25, -0.2) is 8.42 Å². The van der Waals surface area contributed by atoms with Crippen LogP contribution in [0.3, 0.4) is 0 Å². The number of hydrogen-bond acceptors (Lipinski definition) is 3. The van der Waals surface area contributed by atoms with Crippen LogP contribution in [0.15, 0.2) is 0 Å². The van der Waals surface area contributed by atoms with E-state index >= 15 is 0 Å². The first kappa shape index (κ1) is 17.2. The number of halogens is 4. The fourth-order valence-corrected chi connectivity index (χ4v) is 2.65. The van der Waals surface area contributed by atoms with Gasteiger partial charge in [-0.2, -0.15) is 13.2 Å². The molecule has 0 unspecified atom stereocenters. The second-order valence-corrected chi connectivity index (χ2v) is 6.94. The Balaban J connectivity index is 4.10. The molecule has 0 aliphatic heterocycles. The van der Waals surface area contributed by atoms with Crippen LogP contribution in [0.5, 0.6) is 0 Å². The van der Waals surface area contributed by atoms with Gasteiger partial charge >= 0.3 is 6.18 Å². The molecule has 17 heavy (non-hydrogen) atoms. The molecule has 0 amide bonds. The fourth-order valence-electron chi connectivity index (χ4n) is 1.30. The van der Waals surface area contributed by atoms with E-state index in [9.17, 15) is 21.6 Å². The molecule has 0 N–H and O–H groups in total. The van der Waals surface area contributed by atoms with Crippen molar-refractivity contribution in [3.8, 4) is 0 Å². The molecule has 0 radical (unpaired) electrons. The first-order valence-electron chi connectivity index (χ1n) is 5.25. The zero-order valence-corrected chi connectivity index (χ0v) is 12.0. The van der Waals surface area contributed by atoms with Gasteiger partial charge in [0, 0.05) is 17.6 Å². The van der Waals surface area contributed by atoms with Crippen molar-refractivity contribution in [1.82, 2.24) is 4.90 Å². The van der Waals surface area contributed by atoms with Crippen molar-refractivity contribution >= 4 is 25.8 Å². The molecule has 104 valence electrons. The lowest BCUT2D eigenvalue weighted by atomic mass is 10.4. The predicted molar refractivity (Wildman–Crippen MR) is 65.2 cm³/mol. The molecule has 0 saturated carbocycles. The summed E-state index contributed by atoms with van der Waals surface area (Å²) in [6.07, 6.45) is -4.01. The summed E-state index contributed by atoms with van der Waals surface area (Å²) >= 11 is 3.08. The minimum absolute atomic E-state index is 0.0325. The number of nitrogens with zero attached hydrogens (tertiary/aromatic N) is 1. The van der Waals surface area contributed by atoms with Crippen molar-refractivity contribution in [1.29, 1.82) is 0 Å². The molecule has 0 aromatic heterocycles. The van der Waals surface area contributed by atoms with E-state index in [-0.39, 0.29) is 31.0 Å². The monoisotopic (exact) mass is 339 g/mol. The number of alkyl halides is 4. The van der Waals surface area contributed by atoms with Gasteiger partial charge in [0.1, 0.15) is 9.84 Å². The third kappa shape index (κ3) is 9.84. The molecule has 0 bridgehead atoms. The SMILES string of the molecule is CCS(=O)(=O)CCCN(CCBr)CC(F)(F)F. The Morgan fingerprint density at radius 2 is 1.82 bits per heavy atom. The molecule has 0 spiro atoms. The van der Waals surface area contributed by atoms with Crippen LogP contribution in [0.2, 0.25) is 0 Å². The van der Waals surface area contributed by atoms with E-state index in [4.69, 9.17) is 0 Å². The van der Waals surface area contributed by atoms with Crippen molar-refractivity contribution in [2.75, 3.05) is 36.5 Å². The highest BCUT2D eigenvalue weighted by molar-refractivity contribution is 9.09. The minimum Gasteiger partial charge on any atom is -0.294 e. The minimum atomic E-state index is -4.24. The highest BCUT2D eigenvalue weighted by Gasteiger charge is 2.30. The van der Waals surface area contributed by atoms with Crippen molar-refractivity contribution in [2.45, 2.75) is 19.5 Å². The van der Waals surface area contributed by atoms with Crippen molar-refractivity contribution in [3.05, 3.63) is 0 Å². The zero-order chi connectivity index (χ0) is 13.5. The lowest BCUT2D eigenvalue weighted by Crippen LogP contribution is -2.36. The second-order valence-electron chi connectivity index (χ2n) is 3.67. The van der Waals surface area contributed by atoms with Crippen LogP contribution in [0.4, 0.5) is 13.2 Å². The summed E-state index contributed by atoms with van der Waals surface area (Å²) in [5.74, 6) is -0.0230. The topological polar surface area (TPSA) is 37.4 Å². The van der Waals surface area contributed by atoms with E-state index < -0.39 is 22.6 Å². The van der Waals surface area contributed by atoms with Crippen LogP contribution < -0.4 is 0 Å². The molecule has 8 heteroatoms. The molecule has 0 atom stereocenters. The van der Waals surface area contributed by atoms with Crippen LogP contribution in [0.25, 0.3) is 0 Å². The molecule has 0 aromatic carbocycles. The van der Waals surface area contributed by atoms with Crippen LogP contribution in [0, 0.1) is 0 Å². The van der Waals surface area contributed by atoms with Crippen LogP contribution in [-0.4, -0.2) is 56.0 Å². The molecule has 3 nitrogen and oxygen atoms in total. The van der Waals surface area contributed by atoms with Crippen LogP contribution in [-0.2, 0) is 9.84 Å². The summed E-state index contributed by atoms with van der Waals surface area (Å²) in [4.78, 5) is 1.21. The summed E-state index contributed by atoms with van der Waals surface area (Å²) in [6, 6.07) is 0. The quantitative estimate of drug-likeness (QED) is 0.635. The Morgan fingerprint density at radius 1 is 1.24 bits per heavy atom. The Bertz CT molecular complexity index is 306. The van der Waals surface area contributed by atoms with Gasteiger partial charge in [-0.15, -0.1) is 0 Å². The predicted octanol–water partition coefficient (Wildman–Crippen LogP) is 2.07. The molecule has 0 rings (SSSR count).